The Labute approximate surface area is 186 Å². The van der Waals surface area contributed by atoms with Gasteiger partial charge < -0.3 is 0 Å². The molecule has 0 bridgehead atoms. The minimum absolute atomic E-state index is 0.211. The summed E-state index contributed by atoms with van der Waals surface area (Å²) in [4.78, 5) is 33.1. The number of amides is 2. The van der Waals surface area contributed by atoms with E-state index in [9.17, 15) is 9.59 Å². The topological polar surface area (TPSA) is 84.0 Å². The van der Waals surface area contributed by atoms with Crippen LogP contribution in [0.3, 0.4) is 0 Å². The lowest BCUT2D eigenvalue weighted by molar-refractivity contribution is 0.0847. The van der Waals surface area contributed by atoms with Crippen molar-refractivity contribution in [2.45, 2.75) is 24.8 Å². The highest BCUT2D eigenvalue weighted by Crippen LogP contribution is 2.30. The predicted octanol–water partition coefficient (Wildman–Crippen LogP) is 4.83. The summed E-state index contributed by atoms with van der Waals surface area (Å²) in [6.45, 7) is 3.87. The number of rotatable bonds is 5. The summed E-state index contributed by atoms with van der Waals surface area (Å²) in [5.41, 5.74) is 8.20. The predicted molar refractivity (Wildman–Crippen MR) is 117 cm³/mol. The second-order valence-corrected chi connectivity index (χ2v) is 9.29. The van der Waals surface area contributed by atoms with Gasteiger partial charge in [0.15, 0.2) is 5.16 Å². The average Bonchev–Trinajstić information content (AvgIpc) is 3.02. The van der Waals surface area contributed by atoms with E-state index in [2.05, 4.69) is 20.8 Å². The van der Waals surface area contributed by atoms with Crippen LogP contribution in [0.25, 0.3) is 0 Å². The molecule has 10 heteroatoms. The van der Waals surface area contributed by atoms with E-state index in [0.29, 0.717) is 15.7 Å². The van der Waals surface area contributed by atoms with Crippen LogP contribution in [0.1, 0.15) is 37.7 Å². The molecule has 6 nitrogen and oxygen atoms in total. The molecule has 3 rings (SSSR count). The van der Waals surface area contributed by atoms with Gasteiger partial charge in [-0.05, 0) is 43.7 Å². The van der Waals surface area contributed by atoms with Crippen molar-refractivity contribution in [1.29, 1.82) is 0 Å². The lowest BCUT2D eigenvalue weighted by atomic mass is 10.1. The molecule has 0 spiro atoms. The zero-order valence-electron chi connectivity index (χ0n) is 15.5. The van der Waals surface area contributed by atoms with E-state index in [0.717, 1.165) is 33.4 Å². The van der Waals surface area contributed by atoms with E-state index in [-0.39, 0.29) is 9.90 Å². The molecule has 0 aliphatic carbocycles. The van der Waals surface area contributed by atoms with Crippen LogP contribution in [0.4, 0.5) is 0 Å². The minimum atomic E-state index is -0.534. The summed E-state index contributed by atoms with van der Waals surface area (Å²) in [6, 6.07) is 10.4. The van der Waals surface area contributed by atoms with Crippen molar-refractivity contribution in [3.8, 4) is 0 Å². The van der Waals surface area contributed by atoms with Gasteiger partial charge in [-0.15, -0.1) is 11.3 Å². The second-order valence-electron chi connectivity index (χ2n) is 6.07. The molecule has 2 N–H and O–H groups in total. The number of carbonyl (C=O) groups excluding carboxylic acids is 2. The number of benzene rings is 1. The van der Waals surface area contributed by atoms with Crippen LogP contribution in [0.5, 0.6) is 0 Å². The Morgan fingerprint density at radius 3 is 2.21 bits per heavy atom. The molecule has 2 amide bonds. The summed E-state index contributed by atoms with van der Waals surface area (Å²) in [5.74, 6) is -0.292. The largest absolute Gasteiger partial charge is 0.272 e. The van der Waals surface area contributed by atoms with Gasteiger partial charge >= 0.3 is 0 Å². The molecular weight excluding hydrogens is 451 g/mol. The van der Waals surface area contributed by atoms with Gasteiger partial charge in [-0.25, -0.2) is 9.97 Å². The molecule has 0 saturated heterocycles. The van der Waals surface area contributed by atoms with Crippen LogP contribution in [0.2, 0.25) is 8.67 Å². The first kappa shape index (κ1) is 21.6. The Balaban J connectivity index is 1.54. The Hall–Kier alpha value is -2.13. The molecule has 2 heterocycles. The second kappa shape index (κ2) is 9.58. The highest BCUT2D eigenvalue weighted by atomic mass is 35.5. The van der Waals surface area contributed by atoms with Gasteiger partial charge in [0.25, 0.3) is 11.8 Å². The Kier molecular flexibility index (Phi) is 7.13. The zero-order chi connectivity index (χ0) is 21.0. The fourth-order valence-corrected chi connectivity index (χ4v) is 4.77. The maximum absolute atomic E-state index is 12.2. The van der Waals surface area contributed by atoms with Gasteiger partial charge in [-0.3, -0.25) is 20.4 Å². The van der Waals surface area contributed by atoms with Crippen LogP contribution in [-0.4, -0.2) is 21.8 Å². The summed E-state index contributed by atoms with van der Waals surface area (Å²) in [7, 11) is 0. The highest BCUT2D eigenvalue weighted by Gasteiger charge is 2.15. The normalized spacial score (nSPS) is 10.6. The molecular formula is C19H16Cl2N4O2S2. The Morgan fingerprint density at radius 2 is 1.62 bits per heavy atom. The molecule has 29 heavy (non-hydrogen) atoms. The van der Waals surface area contributed by atoms with Crippen LogP contribution in [0, 0.1) is 13.8 Å². The number of aromatic nitrogens is 2. The maximum Gasteiger partial charge on any atom is 0.272 e. The van der Waals surface area contributed by atoms with Crippen LogP contribution in [0.15, 0.2) is 41.6 Å². The smallest absolute Gasteiger partial charge is 0.267 e. The van der Waals surface area contributed by atoms with Gasteiger partial charge in [0.2, 0.25) is 0 Å². The fourth-order valence-electron chi connectivity index (χ4n) is 2.41. The van der Waals surface area contributed by atoms with Crippen molar-refractivity contribution < 1.29 is 9.59 Å². The van der Waals surface area contributed by atoms with E-state index in [1.54, 1.807) is 12.1 Å². The molecule has 0 fully saturated rings. The molecule has 150 valence electrons. The number of nitrogens with zero attached hydrogens (tertiary/aromatic N) is 2. The van der Waals surface area contributed by atoms with E-state index in [4.69, 9.17) is 23.2 Å². The molecule has 1 aromatic carbocycles. The first-order valence-corrected chi connectivity index (χ1v) is 11.0. The number of hydrogen-bond donors (Lipinski definition) is 2. The lowest BCUT2D eigenvalue weighted by Gasteiger charge is -2.08. The van der Waals surface area contributed by atoms with Crippen molar-refractivity contribution in [2.24, 2.45) is 0 Å². The minimum Gasteiger partial charge on any atom is -0.267 e. The summed E-state index contributed by atoms with van der Waals surface area (Å²) in [6.07, 6.45) is 0. The number of hydrogen-bond acceptors (Lipinski definition) is 6. The van der Waals surface area contributed by atoms with Crippen molar-refractivity contribution >= 4 is 58.1 Å². The fraction of sp³-hybridized carbons (Fsp3) is 0.158. The number of thiophene rings is 1. The Bertz CT molecular complexity index is 1030. The van der Waals surface area contributed by atoms with Crippen LogP contribution < -0.4 is 10.9 Å². The van der Waals surface area contributed by atoms with E-state index >= 15 is 0 Å². The van der Waals surface area contributed by atoms with Crippen molar-refractivity contribution in [1.82, 2.24) is 20.8 Å². The molecule has 0 atom stereocenters. The molecule has 0 radical (unpaired) electrons. The van der Waals surface area contributed by atoms with E-state index < -0.39 is 11.8 Å². The van der Waals surface area contributed by atoms with Crippen molar-refractivity contribution in [3.63, 3.8) is 0 Å². The first-order chi connectivity index (χ1) is 13.8. The Morgan fingerprint density at radius 1 is 1.00 bits per heavy atom. The number of halogens is 2. The molecule has 0 aliphatic rings. The molecule has 0 saturated carbocycles. The third-order valence-corrected chi connectivity index (χ3v) is 6.14. The highest BCUT2D eigenvalue weighted by molar-refractivity contribution is 7.98. The van der Waals surface area contributed by atoms with Crippen LogP contribution >= 0.6 is 46.3 Å². The zero-order valence-corrected chi connectivity index (χ0v) is 18.6. The van der Waals surface area contributed by atoms with E-state index in [1.807, 2.05) is 32.0 Å². The summed E-state index contributed by atoms with van der Waals surface area (Å²) >= 11 is 14.4. The third kappa shape index (κ3) is 5.93. The number of aryl methyl sites for hydroxylation is 2. The van der Waals surface area contributed by atoms with Crippen LogP contribution in [-0.2, 0) is 5.75 Å². The average molecular weight is 467 g/mol. The van der Waals surface area contributed by atoms with Crippen molar-refractivity contribution in [3.05, 3.63) is 73.1 Å². The van der Waals surface area contributed by atoms with Gasteiger partial charge in [-0.2, -0.15) is 0 Å². The molecule has 2 aromatic heterocycles. The van der Waals surface area contributed by atoms with Gasteiger partial charge in [-0.1, -0.05) is 47.1 Å². The monoisotopic (exact) mass is 466 g/mol. The van der Waals surface area contributed by atoms with Gasteiger partial charge in [0, 0.05) is 22.7 Å². The number of thioether (sulfide) groups is 1. The molecule has 0 unspecified atom stereocenters. The summed E-state index contributed by atoms with van der Waals surface area (Å²) < 4.78 is 0.655. The maximum atomic E-state index is 12.2. The quantitative estimate of drug-likeness (QED) is 0.319. The number of hydrazine groups is 1. The van der Waals surface area contributed by atoms with E-state index in [1.165, 1.54) is 17.8 Å². The first-order valence-electron chi connectivity index (χ1n) is 8.41. The van der Waals surface area contributed by atoms with Gasteiger partial charge in [0.05, 0.1) is 9.90 Å². The number of nitrogens with one attached hydrogen (secondary N) is 2. The standard InChI is InChI=1S/C19H16Cl2N4O2S2/c1-10-7-11(2)23-19(22-10)28-9-12-3-5-13(6-4-12)17(26)24-25-18(27)14-8-15(20)29-16(14)21/h3-8H,9H2,1-2H3,(H,24,26)(H,25,27). The third-order valence-electron chi connectivity index (χ3n) is 3.74. The lowest BCUT2D eigenvalue weighted by Crippen LogP contribution is -2.41. The SMILES string of the molecule is Cc1cc(C)nc(SCc2ccc(C(=O)NNC(=O)c3cc(Cl)sc3Cl)cc2)n1. The number of carbonyl (C=O) groups is 2. The summed E-state index contributed by atoms with van der Waals surface area (Å²) in [5, 5.41) is 0.722. The molecule has 0 aliphatic heterocycles. The van der Waals surface area contributed by atoms with Crippen molar-refractivity contribution in [2.75, 3.05) is 0 Å². The van der Waals surface area contributed by atoms with Gasteiger partial charge in [0.1, 0.15) is 4.34 Å². The molecule has 3 aromatic rings.